The van der Waals surface area contributed by atoms with Crippen molar-refractivity contribution < 1.29 is 9.59 Å². The maximum atomic E-state index is 11.4. The predicted molar refractivity (Wildman–Crippen MR) is 63.2 cm³/mol. The Bertz CT molecular complexity index is 223. The van der Waals surface area contributed by atoms with Crippen molar-refractivity contribution in [1.82, 2.24) is 10.2 Å². The van der Waals surface area contributed by atoms with Gasteiger partial charge >= 0.3 is 0 Å². The first-order valence-corrected chi connectivity index (χ1v) is 6.14. The van der Waals surface area contributed by atoms with E-state index in [1.165, 1.54) is 38.5 Å². The van der Waals surface area contributed by atoms with Crippen LogP contribution in [0.2, 0.25) is 0 Å². The zero-order chi connectivity index (χ0) is 11.8. The average Bonchev–Trinajstić information content (AvgIpc) is 2.54. The lowest BCUT2D eigenvalue weighted by Gasteiger charge is -2.26. The van der Waals surface area contributed by atoms with Gasteiger partial charge in [0.05, 0.1) is 13.1 Å². The van der Waals surface area contributed by atoms with Gasteiger partial charge < -0.3 is 10.1 Å². The average molecular weight is 226 g/mol. The summed E-state index contributed by atoms with van der Waals surface area (Å²) in [5, 5.41) is 2.57. The van der Waals surface area contributed by atoms with Gasteiger partial charge in [-0.1, -0.05) is 25.7 Å². The van der Waals surface area contributed by atoms with E-state index in [1.807, 2.05) is 7.05 Å². The van der Waals surface area contributed by atoms with E-state index in [0.717, 1.165) is 0 Å². The van der Waals surface area contributed by atoms with Crippen LogP contribution < -0.4 is 5.32 Å². The number of amides is 1. The second-order valence-corrected chi connectivity index (χ2v) is 4.53. The van der Waals surface area contributed by atoms with Gasteiger partial charge in [0.25, 0.3) is 0 Å². The van der Waals surface area contributed by atoms with Crippen molar-refractivity contribution in [2.45, 2.75) is 44.6 Å². The first-order valence-electron chi connectivity index (χ1n) is 6.14. The van der Waals surface area contributed by atoms with Crippen LogP contribution in [0.1, 0.15) is 38.5 Å². The molecule has 1 fully saturated rings. The van der Waals surface area contributed by atoms with E-state index in [2.05, 4.69) is 10.2 Å². The van der Waals surface area contributed by atoms with Gasteiger partial charge in [0.1, 0.15) is 6.29 Å². The van der Waals surface area contributed by atoms with Crippen LogP contribution in [-0.4, -0.2) is 43.3 Å². The molecule has 0 spiro atoms. The third kappa shape index (κ3) is 4.75. The number of carbonyl (C=O) groups excluding carboxylic acids is 2. The molecule has 1 amide bonds. The largest absolute Gasteiger partial charge is 0.348 e. The number of carbonyl (C=O) groups is 2. The van der Waals surface area contributed by atoms with Crippen molar-refractivity contribution in [3.63, 3.8) is 0 Å². The molecule has 1 aliphatic rings. The number of likely N-dealkylation sites (N-methyl/N-ethyl adjacent to an activating group) is 1. The number of hydrogen-bond donors (Lipinski definition) is 1. The van der Waals surface area contributed by atoms with Crippen LogP contribution in [0.4, 0.5) is 0 Å². The van der Waals surface area contributed by atoms with Crippen molar-refractivity contribution in [3.8, 4) is 0 Å². The molecular formula is C12H22N2O2. The molecule has 0 heterocycles. The van der Waals surface area contributed by atoms with Crippen LogP contribution in [0.15, 0.2) is 0 Å². The van der Waals surface area contributed by atoms with E-state index >= 15 is 0 Å². The summed E-state index contributed by atoms with van der Waals surface area (Å²) in [4.78, 5) is 23.7. The third-order valence-corrected chi connectivity index (χ3v) is 3.22. The Morgan fingerprint density at radius 1 is 1.31 bits per heavy atom. The van der Waals surface area contributed by atoms with E-state index in [-0.39, 0.29) is 12.5 Å². The van der Waals surface area contributed by atoms with Gasteiger partial charge in [-0.05, 0) is 19.9 Å². The highest BCUT2D eigenvalue weighted by atomic mass is 16.2. The SMILES string of the molecule is CN(CC(=O)NCC=O)C1CCCCCC1. The fourth-order valence-corrected chi connectivity index (χ4v) is 2.27. The smallest absolute Gasteiger partial charge is 0.234 e. The molecule has 0 aromatic carbocycles. The molecule has 0 aromatic rings. The fraction of sp³-hybridized carbons (Fsp3) is 0.833. The van der Waals surface area contributed by atoms with E-state index in [4.69, 9.17) is 0 Å². The molecule has 4 heteroatoms. The first-order chi connectivity index (χ1) is 7.74. The molecular weight excluding hydrogens is 204 g/mol. The Labute approximate surface area is 97.4 Å². The lowest BCUT2D eigenvalue weighted by Crippen LogP contribution is -2.40. The van der Waals surface area contributed by atoms with Crippen LogP contribution in [0.5, 0.6) is 0 Å². The molecule has 0 bridgehead atoms. The second-order valence-electron chi connectivity index (χ2n) is 4.53. The topological polar surface area (TPSA) is 49.4 Å². The summed E-state index contributed by atoms with van der Waals surface area (Å²) >= 11 is 0. The maximum Gasteiger partial charge on any atom is 0.234 e. The van der Waals surface area contributed by atoms with Gasteiger partial charge in [-0.15, -0.1) is 0 Å². The Kier molecular flexibility index (Phi) is 6.08. The Balaban J connectivity index is 2.28. The summed E-state index contributed by atoms with van der Waals surface area (Å²) in [6.07, 6.45) is 8.28. The fourth-order valence-electron chi connectivity index (χ4n) is 2.27. The van der Waals surface area contributed by atoms with E-state index < -0.39 is 0 Å². The highest BCUT2D eigenvalue weighted by molar-refractivity contribution is 5.80. The van der Waals surface area contributed by atoms with Crippen LogP contribution in [0, 0.1) is 0 Å². The number of hydrogen-bond acceptors (Lipinski definition) is 3. The van der Waals surface area contributed by atoms with Gasteiger partial charge in [-0.25, -0.2) is 0 Å². The Morgan fingerprint density at radius 3 is 2.50 bits per heavy atom. The predicted octanol–water partition coefficient (Wildman–Crippen LogP) is 0.956. The molecule has 1 rings (SSSR count). The van der Waals surface area contributed by atoms with Gasteiger partial charge in [-0.2, -0.15) is 0 Å². The lowest BCUT2D eigenvalue weighted by molar-refractivity contribution is -0.123. The first kappa shape index (κ1) is 13.2. The molecule has 0 radical (unpaired) electrons. The number of rotatable bonds is 5. The van der Waals surface area contributed by atoms with Crippen molar-refractivity contribution in [2.75, 3.05) is 20.1 Å². The number of nitrogens with one attached hydrogen (secondary N) is 1. The van der Waals surface area contributed by atoms with Crippen LogP contribution in [-0.2, 0) is 9.59 Å². The molecule has 16 heavy (non-hydrogen) atoms. The normalized spacial score (nSPS) is 18.1. The summed E-state index contributed by atoms with van der Waals surface area (Å²) in [7, 11) is 2.00. The van der Waals surface area contributed by atoms with E-state index in [9.17, 15) is 9.59 Å². The molecule has 0 aliphatic heterocycles. The lowest BCUT2D eigenvalue weighted by atomic mass is 10.1. The highest BCUT2D eigenvalue weighted by Crippen LogP contribution is 2.20. The minimum Gasteiger partial charge on any atom is -0.348 e. The highest BCUT2D eigenvalue weighted by Gasteiger charge is 2.18. The van der Waals surface area contributed by atoms with Crippen molar-refractivity contribution >= 4 is 12.2 Å². The quantitative estimate of drug-likeness (QED) is 0.561. The van der Waals surface area contributed by atoms with Crippen LogP contribution in [0.3, 0.4) is 0 Å². The van der Waals surface area contributed by atoms with Crippen LogP contribution in [0.25, 0.3) is 0 Å². The van der Waals surface area contributed by atoms with Gasteiger partial charge in [-0.3, -0.25) is 9.69 Å². The minimum absolute atomic E-state index is 0.0566. The standard InChI is InChI=1S/C12H22N2O2/c1-14(10-12(16)13-8-9-15)11-6-4-2-3-5-7-11/h9,11H,2-8,10H2,1H3,(H,13,16). The molecule has 0 aromatic heterocycles. The summed E-state index contributed by atoms with van der Waals surface area (Å²) < 4.78 is 0. The van der Waals surface area contributed by atoms with Crippen molar-refractivity contribution in [2.24, 2.45) is 0 Å². The molecule has 92 valence electrons. The van der Waals surface area contributed by atoms with Gasteiger partial charge in [0.15, 0.2) is 0 Å². The summed E-state index contributed by atoms with van der Waals surface area (Å²) in [6.45, 7) is 0.524. The zero-order valence-electron chi connectivity index (χ0n) is 10.1. The number of nitrogens with zero attached hydrogens (tertiary/aromatic N) is 1. The summed E-state index contributed by atoms with van der Waals surface area (Å²) in [6, 6.07) is 0.532. The number of aldehydes is 1. The molecule has 1 aliphatic carbocycles. The minimum atomic E-state index is -0.0566. The zero-order valence-corrected chi connectivity index (χ0v) is 10.1. The second kappa shape index (κ2) is 7.39. The monoisotopic (exact) mass is 226 g/mol. The molecule has 0 atom stereocenters. The summed E-state index contributed by atoms with van der Waals surface area (Å²) in [5.74, 6) is -0.0566. The molecule has 4 nitrogen and oxygen atoms in total. The molecule has 1 saturated carbocycles. The van der Waals surface area contributed by atoms with Gasteiger partial charge in [0.2, 0.25) is 5.91 Å². The van der Waals surface area contributed by atoms with Gasteiger partial charge in [0, 0.05) is 6.04 Å². The van der Waals surface area contributed by atoms with Crippen molar-refractivity contribution in [3.05, 3.63) is 0 Å². The molecule has 0 unspecified atom stereocenters. The Morgan fingerprint density at radius 2 is 1.94 bits per heavy atom. The molecule has 0 saturated heterocycles. The molecule has 1 N–H and O–H groups in total. The van der Waals surface area contributed by atoms with Crippen LogP contribution >= 0.6 is 0 Å². The third-order valence-electron chi connectivity index (χ3n) is 3.22. The summed E-state index contributed by atoms with van der Waals surface area (Å²) in [5.41, 5.74) is 0. The van der Waals surface area contributed by atoms with E-state index in [1.54, 1.807) is 0 Å². The maximum absolute atomic E-state index is 11.4. The van der Waals surface area contributed by atoms with Crippen molar-refractivity contribution in [1.29, 1.82) is 0 Å². The Hall–Kier alpha value is -0.900. The van der Waals surface area contributed by atoms with E-state index in [0.29, 0.717) is 18.9 Å².